The second-order valence-corrected chi connectivity index (χ2v) is 13.0. The Morgan fingerprint density at radius 3 is 2.52 bits per heavy atom. The quantitative estimate of drug-likeness (QED) is 0.713. The number of nitrogens with one attached hydrogen (secondary N) is 1. The lowest BCUT2D eigenvalue weighted by molar-refractivity contribution is -0.120. The molecule has 1 atom stereocenters. The first-order valence-electron chi connectivity index (χ1n) is 9.11. The molecule has 0 fully saturated rings. The monoisotopic (exact) mass is 387 g/mol. The first-order valence-corrected chi connectivity index (χ1v) is 12.0. The number of pyridine rings is 1. The van der Waals surface area contributed by atoms with E-state index in [4.69, 9.17) is 10.2 Å². The molecule has 6 nitrogen and oxygen atoms in total. The van der Waals surface area contributed by atoms with Crippen LogP contribution in [0.1, 0.15) is 37.6 Å². The van der Waals surface area contributed by atoms with Gasteiger partial charge in [0.05, 0.1) is 11.1 Å². The molecule has 1 aromatic carbocycles. The molecule has 0 radical (unpaired) electrons. The van der Waals surface area contributed by atoms with E-state index in [0.29, 0.717) is 24.1 Å². The minimum Gasteiger partial charge on any atom is -0.417 e. The fourth-order valence-corrected chi connectivity index (χ4v) is 3.52. The molecule has 0 saturated heterocycles. The van der Waals surface area contributed by atoms with Crippen molar-refractivity contribution in [1.29, 1.82) is 0 Å². The third kappa shape index (κ3) is 5.14. The van der Waals surface area contributed by atoms with Crippen LogP contribution in [0.25, 0.3) is 10.9 Å². The summed E-state index contributed by atoms with van der Waals surface area (Å²) in [5, 5.41) is 3.67. The number of hydrogen-bond donors (Lipinski definition) is 2. The normalized spacial score (nSPS) is 13.4. The molecule has 7 heteroatoms. The molecule has 2 rings (SSSR count). The molecule has 146 valence electrons. The highest BCUT2D eigenvalue weighted by Crippen LogP contribution is 2.36. The number of aromatic nitrogens is 1. The number of hydrogen-bond acceptors (Lipinski definition) is 4. The van der Waals surface area contributed by atoms with Crippen LogP contribution in [0.3, 0.4) is 0 Å². The van der Waals surface area contributed by atoms with E-state index >= 15 is 0 Å². The number of nitrogens with zero attached hydrogens (tertiary/aromatic N) is 1. The van der Waals surface area contributed by atoms with E-state index in [9.17, 15) is 9.59 Å². The van der Waals surface area contributed by atoms with Gasteiger partial charge in [-0.15, -0.1) is 0 Å². The van der Waals surface area contributed by atoms with Crippen LogP contribution in [0, 0.1) is 0 Å². The molecule has 2 amide bonds. The molecule has 0 unspecified atom stereocenters. The SMILES string of the molecule is CC(C)(C)[Si](C)(C)OCC[C@H](NC(=O)c1cccc2cccnc12)C(N)=O. The lowest BCUT2D eigenvalue weighted by atomic mass is 10.1. The highest BCUT2D eigenvalue weighted by molar-refractivity contribution is 6.74. The van der Waals surface area contributed by atoms with E-state index in [0.717, 1.165) is 5.39 Å². The average Bonchev–Trinajstić information content (AvgIpc) is 2.59. The Hall–Kier alpha value is -2.25. The van der Waals surface area contributed by atoms with Crippen LogP contribution in [-0.4, -0.2) is 37.8 Å². The summed E-state index contributed by atoms with van der Waals surface area (Å²) in [6, 6.07) is 8.28. The van der Waals surface area contributed by atoms with Crippen LogP contribution in [0.2, 0.25) is 18.1 Å². The molecule has 0 bridgehead atoms. The van der Waals surface area contributed by atoms with Gasteiger partial charge < -0.3 is 15.5 Å². The van der Waals surface area contributed by atoms with Crippen LogP contribution in [-0.2, 0) is 9.22 Å². The Balaban J connectivity index is 2.07. The number of carbonyl (C=O) groups excluding carboxylic acids is 2. The molecule has 0 aliphatic heterocycles. The van der Waals surface area contributed by atoms with Gasteiger partial charge in [-0.2, -0.15) is 0 Å². The van der Waals surface area contributed by atoms with Crippen molar-refractivity contribution < 1.29 is 14.0 Å². The van der Waals surface area contributed by atoms with Crippen molar-refractivity contribution in [3.05, 3.63) is 42.1 Å². The lowest BCUT2D eigenvalue weighted by Gasteiger charge is -2.36. The molecule has 2 aromatic rings. The van der Waals surface area contributed by atoms with Crippen molar-refractivity contribution in [2.75, 3.05) is 6.61 Å². The number of fused-ring (bicyclic) bond motifs is 1. The zero-order chi connectivity index (χ0) is 20.2. The van der Waals surface area contributed by atoms with Gasteiger partial charge >= 0.3 is 0 Å². The second kappa shape index (κ2) is 8.18. The van der Waals surface area contributed by atoms with E-state index in [1.54, 1.807) is 18.3 Å². The molecule has 27 heavy (non-hydrogen) atoms. The number of nitrogens with two attached hydrogens (primary N) is 1. The van der Waals surface area contributed by atoms with Crippen LogP contribution < -0.4 is 11.1 Å². The van der Waals surface area contributed by atoms with Gasteiger partial charge in [-0.25, -0.2) is 0 Å². The molecular formula is C20H29N3O3Si. The standard InChI is InChI=1S/C20H29N3O3Si/c1-20(2,3)27(4,5)26-13-11-16(18(21)24)23-19(25)15-10-6-8-14-9-7-12-22-17(14)15/h6-10,12,16H,11,13H2,1-5H3,(H2,21,24)(H,23,25)/t16-/m0/s1. The maximum atomic E-state index is 12.7. The molecule has 0 spiro atoms. The van der Waals surface area contributed by atoms with Crippen LogP contribution in [0.4, 0.5) is 0 Å². The first-order chi connectivity index (χ1) is 12.5. The van der Waals surface area contributed by atoms with E-state index in [2.05, 4.69) is 44.2 Å². The number of para-hydroxylation sites is 1. The fourth-order valence-electron chi connectivity index (χ4n) is 2.46. The Morgan fingerprint density at radius 2 is 1.89 bits per heavy atom. The maximum absolute atomic E-state index is 12.7. The lowest BCUT2D eigenvalue weighted by Crippen LogP contribution is -2.47. The molecule has 1 aromatic heterocycles. The van der Waals surface area contributed by atoms with Crippen molar-refractivity contribution in [1.82, 2.24) is 10.3 Å². The van der Waals surface area contributed by atoms with Gasteiger partial charge in [0.25, 0.3) is 5.91 Å². The Labute approximate surface area is 161 Å². The van der Waals surface area contributed by atoms with Gasteiger partial charge in [0, 0.05) is 18.2 Å². The zero-order valence-electron chi connectivity index (χ0n) is 16.7. The zero-order valence-corrected chi connectivity index (χ0v) is 17.7. The number of primary amides is 1. The van der Waals surface area contributed by atoms with Gasteiger partial charge in [0.15, 0.2) is 8.32 Å². The minimum atomic E-state index is -1.92. The Kier molecular flexibility index (Phi) is 6.38. The topological polar surface area (TPSA) is 94.3 Å². The fraction of sp³-hybridized carbons (Fsp3) is 0.450. The summed E-state index contributed by atoms with van der Waals surface area (Å²) in [5.41, 5.74) is 6.51. The Bertz CT molecular complexity index is 825. The van der Waals surface area contributed by atoms with Crippen molar-refractivity contribution in [3.63, 3.8) is 0 Å². The van der Waals surface area contributed by atoms with Crippen LogP contribution >= 0.6 is 0 Å². The molecule has 3 N–H and O–H groups in total. The largest absolute Gasteiger partial charge is 0.417 e. The van der Waals surface area contributed by atoms with E-state index in [-0.39, 0.29) is 10.9 Å². The highest BCUT2D eigenvalue weighted by atomic mass is 28.4. The molecular weight excluding hydrogens is 358 g/mol. The van der Waals surface area contributed by atoms with E-state index < -0.39 is 20.3 Å². The van der Waals surface area contributed by atoms with Gasteiger partial charge in [-0.1, -0.05) is 39.0 Å². The summed E-state index contributed by atoms with van der Waals surface area (Å²) >= 11 is 0. The molecule has 0 saturated carbocycles. The van der Waals surface area contributed by atoms with Gasteiger partial charge in [-0.3, -0.25) is 14.6 Å². The first kappa shape index (κ1) is 21.1. The maximum Gasteiger partial charge on any atom is 0.254 e. The van der Waals surface area contributed by atoms with Crippen LogP contribution in [0.15, 0.2) is 36.5 Å². The average molecular weight is 388 g/mol. The third-order valence-electron chi connectivity index (χ3n) is 5.20. The summed E-state index contributed by atoms with van der Waals surface area (Å²) in [7, 11) is -1.92. The second-order valence-electron chi connectivity index (χ2n) is 8.21. The van der Waals surface area contributed by atoms with Crippen molar-refractivity contribution in [3.8, 4) is 0 Å². The summed E-state index contributed by atoms with van der Waals surface area (Å²) in [6.45, 7) is 11.1. The summed E-state index contributed by atoms with van der Waals surface area (Å²) in [5.74, 6) is -0.939. The number of carbonyl (C=O) groups is 2. The number of benzene rings is 1. The third-order valence-corrected chi connectivity index (χ3v) is 9.74. The highest BCUT2D eigenvalue weighted by Gasteiger charge is 2.37. The minimum absolute atomic E-state index is 0.0765. The predicted octanol–water partition coefficient (Wildman–Crippen LogP) is 3.23. The van der Waals surface area contributed by atoms with Crippen molar-refractivity contribution in [2.24, 2.45) is 5.73 Å². The van der Waals surface area contributed by atoms with Gasteiger partial charge in [0.1, 0.15) is 6.04 Å². The van der Waals surface area contributed by atoms with Gasteiger partial charge in [-0.05, 0) is 36.7 Å². The predicted molar refractivity (Wildman–Crippen MR) is 110 cm³/mol. The number of amides is 2. The van der Waals surface area contributed by atoms with Crippen molar-refractivity contribution >= 4 is 31.0 Å². The summed E-state index contributed by atoms with van der Waals surface area (Å²) in [6.07, 6.45) is 1.98. The number of rotatable bonds is 7. The van der Waals surface area contributed by atoms with Gasteiger partial charge in [0.2, 0.25) is 5.91 Å². The summed E-state index contributed by atoms with van der Waals surface area (Å²) < 4.78 is 6.10. The molecule has 0 aliphatic rings. The Morgan fingerprint density at radius 1 is 1.22 bits per heavy atom. The molecule has 1 heterocycles. The molecule has 0 aliphatic carbocycles. The van der Waals surface area contributed by atoms with E-state index in [1.165, 1.54) is 0 Å². The summed E-state index contributed by atoms with van der Waals surface area (Å²) in [4.78, 5) is 28.8. The van der Waals surface area contributed by atoms with Crippen LogP contribution in [0.5, 0.6) is 0 Å². The van der Waals surface area contributed by atoms with E-state index in [1.807, 2.05) is 18.2 Å². The van der Waals surface area contributed by atoms with Crippen molar-refractivity contribution in [2.45, 2.75) is 51.4 Å². The smallest absolute Gasteiger partial charge is 0.254 e.